The average molecular weight is 621 g/mol. The minimum Gasteiger partial charge on any atom is -0.394 e. The number of thioether (sulfide) groups is 1. The van der Waals surface area contributed by atoms with Crippen molar-refractivity contribution in [3.63, 3.8) is 0 Å². The van der Waals surface area contributed by atoms with Crippen molar-refractivity contribution in [2.75, 3.05) is 13.2 Å². The minimum atomic E-state index is -1.46. The van der Waals surface area contributed by atoms with Gasteiger partial charge in [-0.05, 0) is 32.1 Å². The van der Waals surface area contributed by atoms with Crippen LogP contribution >= 0.6 is 11.8 Å². The quantitative estimate of drug-likeness (QED) is 0.0874. The first-order valence-electron chi connectivity index (χ1n) is 16.0. The third kappa shape index (κ3) is 12.4. The molecule has 0 radical (unpaired) electrons. The second kappa shape index (κ2) is 21.2. The molecule has 0 saturated carbocycles. The number of hydrogen-bond donors (Lipinski definition) is 6. The molecule has 0 aromatic rings. The number of aliphatic hydroxyl groups is 6. The lowest BCUT2D eigenvalue weighted by Gasteiger charge is -2.46. The molecule has 0 aromatic heterocycles. The summed E-state index contributed by atoms with van der Waals surface area (Å²) in [6, 6.07) is 0. The van der Waals surface area contributed by atoms with Gasteiger partial charge in [0.25, 0.3) is 0 Å². The van der Waals surface area contributed by atoms with E-state index in [4.69, 9.17) is 14.2 Å². The Labute approximate surface area is 255 Å². The van der Waals surface area contributed by atoms with Crippen LogP contribution in [0.25, 0.3) is 0 Å². The van der Waals surface area contributed by atoms with Gasteiger partial charge in [-0.1, -0.05) is 89.1 Å². The Bertz CT molecular complexity index is 753. The monoisotopic (exact) mass is 620 g/mol. The zero-order chi connectivity index (χ0) is 30.9. The molecule has 2 rings (SSSR count). The maximum Gasteiger partial charge on any atom is 0.189 e. The minimum absolute atomic E-state index is 0.181. The number of allylic oxidation sites excluding steroid dienone is 2. The number of ether oxygens (including phenoxy) is 3. The van der Waals surface area contributed by atoms with Crippen LogP contribution in [0.5, 0.6) is 0 Å². The Morgan fingerprint density at radius 1 is 0.762 bits per heavy atom. The van der Waals surface area contributed by atoms with Gasteiger partial charge in [-0.2, -0.15) is 0 Å². The summed E-state index contributed by atoms with van der Waals surface area (Å²) >= 11 is 0.814. The summed E-state index contributed by atoms with van der Waals surface area (Å²) in [4.78, 5) is 12.7. The fourth-order valence-electron chi connectivity index (χ4n) is 5.39. The van der Waals surface area contributed by atoms with E-state index in [9.17, 15) is 35.4 Å². The SMILES string of the molecule is CCCCCCCC/C=C\CCCCCCCC(=O)S[C@@H]1[C@@H](O)[C@@H](O[C@H]2[C@H](O)[C@@H](C)[C@H](O)O[C@@H]2CO)O[C@H](CO)[C@H]1O. The van der Waals surface area contributed by atoms with Gasteiger partial charge in [0.2, 0.25) is 0 Å². The van der Waals surface area contributed by atoms with E-state index in [1.54, 1.807) is 6.92 Å². The molecule has 2 saturated heterocycles. The highest BCUT2D eigenvalue weighted by Crippen LogP contribution is 2.35. The van der Waals surface area contributed by atoms with Gasteiger partial charge in [0.05, 0.1) is 30.7 Å². The highest BCUT2D eigenvalue weighted by molar-refractivity contribution is 8.14. The lowest BCUT2D eigenvalue weighted by atomic mass is 9.92. The van der Waals surface area contributed by atoms with Crippen molar-refractivity contribution in [3.05, 3.63) is 12.2 Å². The third-order valence-electron chi connectivity index (χ3n) is 8.21. The number of unbranched alkanes of at least 4 members (excludes halogenated alkanes) is 11. The number of hydrogen-bond acceptors (Lipinski definition) is 11. The first-order chi connectivity index (χ1) is 20.2. The van der Waals surface area contributed by atoms with Crippen molar-refractivity contribution < 1.29 is 49.6 Å². The van der Waals surface area contributed by atoms with Gasteiger partial charge in [-0.3, -0.25) is 4.79 Å². The molecule has 2 aliphatic rings. The highest BCUT2D eigenvalue weighted by Gasteiger charge is 2.50. The second-order valence-corrected chi connectivity index (χ2v) is 12.9. The standard InChI is InChI=1S/C31H56O10S/c1-3-4-5-6-7-8-9-10-11-12-13-14-15-16-17-18-24(34)42-29-26(36)22(19-32)40-31(27(29)37)41-28-23(20-33)39-30(38)21(2)25(28)35/h10-11,21-23,25-33,35-38H,3-9,12-20H2,1-2H3/b11-10-/t21-,22-,23-,25-,26-,27-,28-,29+,30-,31-/m1/s1. The van der Waals surface area contributed by atoms with Crippen LogP contribution in [-0.4, -0.2) is 103 Å². The molecule has 2 aliphatic heterocycles. The highest BCUT2D eigenvalue weighted by atomic mass is 32.2. The summed E-state index contributed by atoms with van der Waals surface area (Å²) in [7, 11) is 0. The largest absolute Gasteiger partial charge is 0.394 e. The van der Waals surface area contributed by atoms with Crippen molar-refractivity contribution in [2.24, 2.45) is 5.92 Å². The van der Waals surface area contributed by atoms with Crippen molar-refractivity contribution in [1.82, 2.24) is 0 Å². The molecule has 0 spiro atoms. The zero-order valence-corrected chi connectivity index (χ0v) is 26.3. The van der Waals surface area contributed by atoms with Gasteiger partial charge in [0.15, 0.2) is 17.7 Å². The first kappa shape index (κ1) is 37.6. The van der Waals surface area contributed by atoms with E-state index in [1.807, 2.05) is 0 Å². The van der Waals surface area contributed by atoms with Crippen LogP contribution in [-0.2, 0) is 19.0 Å². The second-order valence-electron chi connectivity index (χ2n) is 11.7. The predicted molar refractivity (Wildman–Crippen MR) is 162 cm³/mol. The van der Waals surface area contributed by atoms with Crippen LogP contribution in [0, 0.1) is 5.92 Å². The molecule has 6 N–H and O–H groups in total. The molecule has 42 heavy (non-hydrogen) atoms. The molecular formula is C31H56O10S. The molecule has 0 bridgehead atoms. The van der Waals surface area contributed by atoms with Crippen LogP contribution in [0.1, 0.15) is 104 Å². The number of rotatable bonds is 20. The molecule has 2 fully saturated rings. The lowest BCUT2D eigenvalue weighted by Crippen LogP contribution is -2.62. The Morgan fingerprint density at radius 3 is 1.93 bits per heavy atom. The maximum atomic E-state index is 12.7. The molecule has 2 heterocycles. The molecule has 246 valence electrons. The summed E-state index contributed by atoms with van der Waals surface area (Å²) in [5.41, 5.74) is 0. The van der Waals surface area contributed by atoms with Gasteiger partial charge in [0.1, 0.15) is 24.4 Å². The van der Waals surface area contributed by atoms with E-state index >= 15 is 0 Å². The zero-order valence-electron chi connectivity index (χ0n) is 25.5. The van der Waals surface area contributed by atoms with Crippen LogP contribution in [0.3, 0.4) is 0 Å². The molecule has 0 amide bonds. The third-order valence-corrected chi connectivity index (χ3v) is 9.51. The molecule has 10 atom stereocenters. The Hall–Kier alpha value is -0.600. The molecule has 0 unspecified atom stereocenters. The number of aliphatic hydroxyl groups excluding tert-OH is 6. The Kier molecular flexibility index (Phi) is 19.0. The van der Waals surface area contributed by atoms with E-state index < -0.39 is 73.6 Å². The molecule has 0 aliphatic carbocycles. The van der Waals surface area contributed by atoms with Gasteiger partial charge in [0, 0.05) is 12.3 Å². The molecular weight excluding hydrogens is 564 g/mol. The van der Waals surface area contributed by atoms with Crippen molar-refractivity contribution >= 4 is 16.9 Å². The molecule has 10 nitrogen and oxygen atoms in total. The van der Waals surface area contributed by atoms with Crippen LogP contribution < -0.4 is 0 Å². The van der Waals surface area contributed by atoms with Crippen molar-refractivity contribution in [1.29, 1.82) is 0 Å². The van der Waals surface area contributed by atoms with Crippen LogP contribution in [0.4, 0.5) is 0 Å². The summed E-state index contributed by atoms with van der Waals surface area (Å²) in [5.74, 6) is -0.740. The van der Waals surface area contributed by atoms with Crippen molar-refractivity contribution in [3.8, 4) is 0 Å². The van der Waals surface area contributed by atoms with Crippen molar-refractivity contribution in [2.45, 2.75) is 158 Å². The fourth-order valence-corrected chi connectivity index (χ4v) is 6.54. The number of carbonyl (C=O) groups excluding carboxylic acids is 1. The maximum absolute atomic E-state index is 12.7. The number of carbonyl (C=O) groups is 1. The lowest BCUT2D eigenvalue weighted by molar-refractivity contribution is -0.334. The fraction of sp³-hybridized carbons (Fsp3) is 0.903. The Balaban J connectivity index is 1.70. The van der Waals surface area contributed by atoms with Gasteiger partial charge >= 0.3 is 0 Å². The van der Waals surface area contributed by atoms with Gasteiger partial charge < -0.3 is 44.8 Å². The van der Waals surface area contributed by atoms with Crippen LogP contribution in [0.2, 0.25) is 0 Å². The topological polar surface area (TPSA) is 166 Å². The average Bonchev–Trinajstić information content (AvgIpc) is 2.98. The van der Waals surface area contributed by atoms with E-state index in [0.29, 0.717) is 12.8 Å². The van der Waals surface area contributed by atoms with E-state index in [1.165, 1.54) is 38.5 Å². The summed E-state index contributed by atoms with van der Waals surface area (Å²) in [6.45, 7) is 2.65. The van der Waals surface area contributed by atoms with E-state index in [2.05, 4.69) is 19.1 Å². The van der Waals surface area contributed by atoms with E-state index in [0.717, 1.165) is 50.3 Å². The smallest absolute Gasteiger partial charge is 0.189 e. The normalized spacial score (nSPS) is 33.8. The predicted octanol–water partition coefficient (Wildman–Crippen LogP) is 3.18. The van der Waals surface area contributed by atoms with E-state index in [-0.39, 0.29) is 5.12 Å². The Morgan fingerprint density at radius 2 is 1.33 bits per heavy atom. The molecule has 0 aromatic carbocycles. The van der Waals surface area contributed by atoms with Crippen LogP contribution in [0.15, 0.2) is 12.2 Å². The molecule has 11 heteroatoms. The summed E-state index contributed by atoms with van der Waals surface area (Å²) in [6.07, 6.45) is 9.86. The van der Waals surface area contributed by atoms with Gasteiger partial charge in [-0.15, -0.1) is 0 Å². The summed E-state index contributed by atoms with van der Waals surface area (Å²) < 4.78 is 16.7. The summed E-state index contributed by atoms with van der Waals surface area (Å²) in [5, 5.41) is 60.4. The van der Waals surface area contributed by atoms with Gasteiger partial charge in [-0.25, -0.2) is 0 Å². The first-order valence-corrected chi connectivity index (χ1v) is 16.9.